The Labute approximate surface area is 130 Å². The van der Waals surface area contributed by atoms with Crippen LogP contribution in [0.1, 0.15) is 47.5 Å². The first-order chi connectivity index (χ1) is 10.3. The quantitative estimate of drug-likeness (QED) is 0.883. The first-order valence-corrected chi connectivity index (χ1v) is 8.58. The molecule has 1 heterocycles. The van der Waals surface area contributed by atoms with Gasteiger partial charge in [0.05, 0.1) is 18.3 Å². The van der Waals surface area contributed by atoms with Gasteiger partial charge in [0.25, 0.3) is 0 Å². The largest absolute Gasteiger partial charge is 0.494 e. The first kappa shape index (κ1) is 14.5. The van der Waals surface area contributed by atoms with Gasteiger partial charge in [-0.05, 0) is 50.4 Å². The second-order valence-corrected chi connectivity index (χ2v) is 6.39. The highest BCUT2D eigenvalue weighted by Gasteiger charge is 2.22. The Morgan fingerprint density at radius 1 is 1.33 bits per heavy atom. The molecule has 0 aliphatic heterocycles. The van der Waals surface area contributed by atoms with Crippen LogP contribution in [-0.4, -0.2) is 18.1 Å². The van der Waals surface area contributed by atoms with E-state index in [4.69, 9.17) is 9.72 Å². The van der Waals surface area contributed by atoms with E-state index in [9.17, 15) is 0 Å². The number of rotatable bonds is 6. The monoisotopic (exact) mass is 302 g/mol. The molecule has 1 atom stereocenters. The van der Waals surface area contributed by atoms with E-state index in [1.54, 1.807) is 0 Å². The van der Waals surface area contributed by atoms with Crippen LogP contribution in [0.15, 0.2) is 24.3 Å². The number of benzene rings is 1. The van der Waals surface area contributed by atoms with Gasteiger partial charge in [-0.25, -0.2) is 4.98 Å². The van der Waals surface area contributed by atoms with Crippen LogP contribution in [0.25, 0.3) is 0 Å². The predicted octanol–water partition coefficient (Wildman–Crippen LogP) is 3.73. The van der Waals surface area contributed by atoms with Gasteiger partial charge in [0, 0.05) is 4.88 Å². The van der Waals surface area contributed by atoms with Crippen LogP contribution in [0.2, 0.25) is 0 Å². The Morgan fingerprint density at radius 3 is 3.00 bits per heavy atom. The maximum Gasteiger partial charge on any atom is 0.119 e. The summed E-state index contributed by atoms with van der Waals surface area (Å²) in [7, 11) is 0. The molecule has 1 aliphatic rings. The molecule has 2 aromatic rings. The summed E-state index contributed by atoms with van der Waals surface area (Å²) in [6.07, 6.45) is 3.61. The SMILES string of the molecule is CCNC(c1cccc(OCC)c1)c1nc2c(s1)CCC2. The molecule has 0 amide bonds. The highest BCUT2D eigenvalue weighted by molar-refractivity contribution is 7.11. The standard InChI is InChI=1S/C17H22N2OS/c1-3-18-16(12-7-5-8-13(11-12)20-4-2)17-19-14-9-6-10-15(14)21-17/h5,7-8,11,16,18H,3-4,6,9-10H2,1-2H3. The van der Waals surface area contributed by atoms with Crippen LogP contribution in [0.3, 0.4) is 0 Å². The Kier molecular flexibility index (Phi) is 4.56. The van der Waals surface area contributed by atoms with Gasteiger partial charge in [0.2, 0.25) is 0 Å². The van der Waals surface area contributed by atoms with Gasteiger partial charge in [0.1, 0.15) is 10.8 Å². The fourth-order valence-corrected chi connectivity index (χ4v) is 4.09. The zero-order valence-corrected chi connectivity index (χ0v) is 13.5. The zero-order valence-electron chi connectivity index (χ0n) is 12.7. The normalized spacial score (nSPS) is 15.0. The number of hydrogen-bond acceptors (Lipinski definition) is 4. The Balaban J connectivity index is 1.91. The van der Waals surface area contributed by atoms with E-state index in [1.165, 1.54) is 34.0 Å². The number of aryl methyl sites for hydroxylation is 2. The van der Waals surface area contributed by atoms with E-state index in [1.807, 2.05) is 24.3 Å². The number of fused-ring (bicyclic) bond motifs is 1. The zero-order chi connectivity index (χ0) is 14.7. The van der Waals surface area contributed by atoms with Crippen molar-refractivity contribution in [2.24, 2.45) is 0 Å². The lowest BCUT2D eigenvalue weighted by atomic mass is 10.1. The molecule has 1 aromatic heterocycles. The minimum Gasteiger partial charge on any atom is -0.494 e. The summed E-state index contributed by atoms with van der Waals surface area (Å²) in [4.78, 5) is 6.36. The molecule has 21 heavy (non-hydrogen) atoms. The van der Waals surface area contributed by atoms with Gasteiger partial charge in [-0.15, -0.1) is 11.3 Å². The van der Waals surface area contributed by atoms with Gasteiger partial charge in [-0.3, -0.25) is 0 Å². The molecule has 4 heteroatoms. The molecule has 0 bridgehead atoms. The van der Waals surface area contributed by atoms with E-state index < -0.39 is 0 Å². The third-order valence-corrected chi connectivity index (χ3v) is 4.99. The highest BCUT2D eigenvalue weighted by atomic mass is 32.1. The molecule has 1 aliphatic carbocycles. The molecule has 3 nitrogen and oxygen atoms in total. The lowest BCUT2D eigenvalue weighted by Gasteiger charge is -2.17. The van der Waals surface area contributed by atoms with E-state index in [2.05, 4.69) is 30.4 Å². The lowest BCUT2D eigenvalue weighted by Crippen LogP contribution is -2.22. The number of hydrogen-bond donors (Lipinski definition) is 1. The maximum absolute atomic E-state index is 5.63. The van der Waals surface area contributed by atoms with Crippen LogP contribution < -0.4 is 10.1 Å². The fourth-order valence-electron chi connectivity index (χ4n) is 2.84. The van der Waals surface area contributed by atoms with Gasteiger partial charge in [0.15, 0.2) is 0 Å². The fraction of sp³-hybridized carbons (Fsp3) is 0.471. The Bertz CT molecular complexity index is 587. The predicted molar refractivity (Wildman–Crippen MR) is 87.3 cm³/mol. The molecule has 1 N–H and O–H groups in total. The van der Waals surface area contributed by atoms with Crippen molar-refractivity contribution in [2.75, 3.05) is 13.2 Å². The van der Waals surface area contributed by atoms with Crippen molar-refractivity contribution in [3.63, 3.8) is 0 Å². The molecule has 0 saturated carbocycles. The molecule has 112 valence electrons. The van der Waals surface area contributed by atoms with E-state index in [-0.39, 0.29) is 6.04 Å². The van der Waals surface area contributed by atoms with Crippen molar-refractivity contribution in [3.05, 3.63) is 45.4 Å². The molecular formula is C17H22N2OS. The second kappa shape index (κ2) is 6.58. The van der Waals surface area contributed by atoms with E-state index in [0.29, 0.717) is 6.61 Å². The molecule has 0 spiro atoms. The summed E-state index contributed by atoms with van der Waals surface area (Å²) >= 11 is 1.87. The van der Waals surface area contributed by atoms with Gasteiger partial charge >= 0.3 is 0 Å². The minimum absolute atomic E-state index is 0.172. The average molecular weight is 302 g/mol. The number of nitrogens with one attached hydrogen (secondary N) is 1. The number of nitrogens with zero attached hydrogens (tertiary/aromatic N) is 1. The third-order valence-electron chi connectivity index (χ3n) is 3.77. The molecule has 1 unspecified atom stereocenters. The summed E-state index contributed by atoms with van der Waals surface area (Å²) in [6.45, 7) is 5.77. The van der Waals surface area contributed by atoms with Crippen LogP contribution in [-0.2, 0) is 12.8 Å². The van der Waals surface area contributed by atoms with Crippen LogP contribution in [0.5, 0.6) is 5.75 Å². The number of thiazole rings is 1. The van der Waals surface area contributed by atoms with Crippen molar-refractivity contribution >= 4 is 11.3 Å². The highest BCUT2D eigenvalue weighted by Crippen LogP contribution is 2.34. The summed E-state index contributed by atoms with van der Waals surface area (Å²) in [5.74, 6) is 0.932. The van der Waals surface area contributed by atoms with Gasteiger partial charge < -0.3 is 10.1 Å². The molecule has 1 aromatic carbocycles. The van der Waals surface area contributed by atoms with Crippen LogP contribution in [0, 0.1) is 0 Å². The first-order valence-electron chi connectivity index (χ1n) is 7.76. The van der Waals surface area contributed by atoms with Crippen molar-refractivity contribution < 1.29 is 4.74 Å². The molecule has 0 fully saturated rings. The lowest BCUT2D eigenvalue weighted by molar-refractivity contribution is 0.339. The Hall–Kier alpha value is -1.39. The topological polar surface area (TPSA) is 34.1 Å². The van der Waals surface area contributed by atoms with Crippen molar-refractivity contribution in [3.8, 4) is 5.75 Å². The van der Waals surface area contributed by atoms with Gasteiger partial charge in [-0.1, -0.05) is 19.1 Å². The molecular weight excluding hydrogens is 280 g/mol. The number of ether oxygens (including phenoxy) is 1. The summed E-state index contributed by atoms with van der Waals surface area (Å²) in [6, 6.07) is 8.53. The average Bonchev–Trinajstić information content (AvgIpc) is 3.06. The molecule has 0 radical (unpaired) electrons. The van der Waals surface area contributed by atoms with E-state index >= 15 is 0 Å². The summed E-state index contributed by atoms with van der Waals surface area (Å²) in [5.41, 5.74) is 2.55. The van der Waals surface area contributed by atoms with Crippen molar-refractivity contribution in [1.82, 2.24) is 10.3 Å². The van der Waals surface area contributed by atoms with Crippen molar-refractivity contribution in [2.45, 2.75) is 39.2 Å². The minimum atomic E-state index is 0.172. The van der Waals surface area contributed by atoms with E-state index in [0.717, 1.165) is 18.7 Å². The summed E-state index contributed by atoms with van der Waals surface area (Å²) in [5, 5.41) is 4.76. The third kappa shape index (κ3) is 3.11. The van der Waals surface area contributed by atoms with Gasteiger partial charge in [-0.2, -0.15) is 0 Å². The molecule has 0 saturated heterocycles. The van der Waals surface area contributed by atoms with Crippen molar-refractivity contribution in [1.29, 1.82) is 0 Å². The summed E-state index contributed by atoms with van der Waals surface area (Å²) < 4.78 is 5.63. The molecule has 3 rings (SSSR count). The smallest absolute Gasteiger partial charge is 0.119 e. The maximum atomic E-state index is 5.63. The van der Waals surface area contributed by atoms with Crippen LogP contribution >= 0.6 is 11.3 Å². The van der Waals surface area contributed by atoms with Crippen LogP contribution in [0.4, 0.5) is 0 Å². The number of aromatic nitrogens is 1. The Morgan fingerprint density at radius 2 is 2.24 bits per heavy atom. The second-order valence-electron chi connectivity index (χ2n) is 5.27.